The van der Waals surface area contributed by atoms with E-state index in [1.54, 1.807) is 6.08 Å². The molecular weight excluding hydrogens is 172 g/mol. The van der Waals surface area contributed by atoms with Gasteiger partial charge < -0.3 is 4.90 Å². The average molecular weight is 181 g/mol. The van der Waals surface area contributed by atoms with E-state index in [2.05, 4.69) is 0 Å². The Morgan fingerprint density at radius 2 is 2.00 bits per heavy atom. The van der Waals surface area contributed by atoms with Gasteiger partial charge in [-0.05, 0) is 17.2 Å². The summed E-state index contributed by atoms with van der Waals surface area (Å²) in [7, 11) is 0. The fourth-order valence-electron chi connectivity index (χ4n) is 1.40. The molecule has 1 aromatic carbocycles. The molecule has 2 rings (SSSR count). The van der Waals surface area contributed by atoms with E-state index in [1.165, 1.54) is 6.20 Å². The molecule has 0 unspecified atom stereocenters. The number of benzene rings is 1. The Kier molecular flexibility index (Phi) is 2.00. The van der Waals surface area contributed by atoms with Crippen molar-refractivity contribution in [3.8, 4) is 0 Å². The first-order valence-corrected chi connectivity index (χ1v) is 4.07. The van der Waals surface area contributed by atoms with Gasteiger partial charge in [-0.2, -0.15) is 8.78 Å². The first kappa shape index (κ1) is 8.23. The molecule has 1 aliphatic heterocycles. The number of hydrogen-bond donors (Lipinski definition) is 0. The van der Waals surface area contributed by atoms with E-state index in [9.17, 15) is 8.78 Å². The topological polar surface area (TPSA) is 3.24 Å². The van der Waals surface area contributed by atoms with Crippen LogP contribution < -0.4 is 0 Å². The Morgan fingerprint density at radius 3 is 2.77 bits per heavy atom. The number of hydrogen-bond acceptors (Lipinski definition) is 1. The molecule has 0 aliphatic carbocycles. The lowest BCUT2D eigenvalue weighted by Gasteiger charge is -2.23. The lowest BCUT2D eigenvalue weighted by Crippen LogP contribution is -2.24. The predicted octanol–water partition coefficient (Wildman–Crippen LogP) is 2.70. The Balaban J connectivity index is 2.29. The molecule has 0 spiro atoms. The van der Waals surface area contributed by atoms with Crippen LogP contribution in [0.3, 0.4) is 0 Å². The second-order valence-electron chi connectivity index (χ2n) is 2.96. The molecule has 1 nitrogen and oxygen atoms in total. The molecule has 1 aromatic rings. The molecule has 0 saturated heterocycles. The number of alkyl halides is 2. The molecule has 0 amide bonds. The van der Waals surface area contributed by atoms with Crippen LogP contribution in [-0.2, 0) is 6.54 Å². The van der Waals surface area contributed by atoms with Crippen LogP contribution in [-0.4, -0.2) is 11.4 Å². The van der Waals surface area contributed by atoms with Gasteiger partial charge in [0.25, 0.3) is 0 Å². The minimum Gasteiger partial charge on any atom is -0.318 e. The van der Waals surface area contributed by atoms with Crippen LogP contribution in [0.15, 0.2) is 30.5 Å². The number of rotatable bonds is 1. The fraction of sp³-hybridized carbons (Fsp3) is 0.200. The molecule has 0 N–H and O–H groups in total. The molecule has 0 fully saturated rings. The molecule has 3 heteroatoms. The highest BCUT2D eigenvalue weighted by Gasteiger charge is 2.16. The van der Waals surface area contributed by atoms with Crippen LogP contribution in [0.4, 0.5) is 8.78 Å². The van der Waals surface area contributed by atoms with Gasteiger partial charge >= 0.3 is 6.55 Å². The summed E-state index contributed by atoms with van der Waals surface area (Å²) in [6.45, 7) is -2.12. The number of nitrogens with zero attached hydrogens (tertiary/aromatic N) is 1. The zero-order chi connectivity index (χ0) is 9.26. The summed E-state index contributed by atoms with van der Waals surface area (Å²) in [5.74, 6) is 0. The van der Waals surface area contributed by atoms with Gasteiger partial charge in [-0.15, -0.1) is 0 Å². The summed E-state index contributed by atoms with van der Waals surface area (Å²) >= 11 is 0. The third-order valence-corrected chi connectivity index (χ3v) is 2.10. The van der Waals surface area contributed by atoms with E-state index < -0.39 is 6.55 Å². The molecule has 1 aliphatic rings. The Hall–Kier alpha value is -1.38. The van der Waals surface area contributed by atoms with E-state index in [0.717, 1.165) is 16.0 Å². The van der Waals surface area contributed by atoms with Gasteiger partial charge in [0.2, 0.25) is 0 Å². The highest BCUT2D eigenvalue weighted by molar-refractivity contribution is 5.55. The molecule has 0 bridgehead atoms. The molecule has 1 heterocycles. The van der Waals surface area contributed by atoms with Gasteiger partial charge in [-0.25, -0.2) is 0 Å². The minimum atomic E-state index is -2.41. The molecule has 0 atom stereocenters. The largest absolute Gasteiger partial charge is 0.318 e. The van der Waals surface area contributed by atoms with Gasteiger partial charge in [0, 0.05) is 12.7 Å². The average Bonchev–Trinajstić information content (AvgIpc) is 2.17. The van der Waals surface area contributed by atoms with Gasteiger partial charge in [0.1, 0.15) is 0 Å². The van der Waals surface area contributed by atoms with Gasteiger partial charge in [-0.3, -0.25) is 0 Å². The standard InChI is InChI=1S/C10H9F2N/c11-10(12)13-6-5-8-3-1-2-4-9(8)7-13/h1-6,10H,7H2. The summed E-state index contributed by atoms with van der Waals surface area (Å²) in [6, 6.07) is 7.56. The van der Waals surface area contributed by atoms with Gasteiger partial charge in [-0.1, -0.05) is 24.3 Å². The van der Waals surface area contributed by atoms with Gasteiger partial charge in [0.15, 0.2) is 0 Å². The summed E-state index contributed by atoms with van der Waals surface area (Å²) in [5, 5.41) is 0. The van der Waals surface area contributed by atoms with Crippen molar-refractivity contribution in [2.75, 3.05) is 0 Å². The lowest BCUT2D eigenvalue weighted by atomic mass is 10.1. The number of halogens is 2. The first-order chi connectivity index (χ1) is 6.27. The summed E-state index contributed by atoms with van der Waals surface area (Å²) in [6.07, 6.45) is 3.15. The van der Waals surface area contributed by atoms with E-state index in [4.69, 9.17) is 0 Å². The maximum atomic E-state index is 12.3. The highest BCUT2D eigenvalue weighted by atomic mass is 19.3. The van der Waals surface area contributed by atoms with Crippen molar-refractivity contribution in [3.05, 3.63) is 41.6 Å². The van der Waals surface area contributed by atoms with E-state index in [-0.39, 0.29) is 0 Å². The molecule has 0 radical (unpaired) electrons. The van der Waals surface area contributed by atoms with E-state index in [0.29, 0.717) is 6.54 Å². The normalized spacial score (nSPS) is 14.8. The summed E-state index contributed by atoms with van der Waals surface area (Å²) in [4.78, 5) is 1.02. The lowest BCUT2D eigenvalue weighted by molar-refractivity contribution is 0.000645. The zero-order valence-corrected chi connectivity index (χ0v) is 6.95. The van der Waals surface area contributed by atoms with Crippen LogP contribution in [0.25, 0.3) is 6.08 Å². The molecule has 68 valence electrons. The number of fused-ring (bicyclic) bond motifs is 1. The van der Waals surface area contributed by atoms with Crippen LogP contribution >= 0.6 is 0 Å². The van der Waals surface area contributed by atoms with Crippen molar-refractivity contribution >= 4 is 6.08 Å². The second-order valence-corrected chi connectivity index (χ2v) is 2.96. The quantitative estimate of drug-likeness (QED) is 0.602. The van der Waals surface area contributed by atoms with E-state index in [1.807, 2.05) is 24.3 Å². The van der Waals surface area contributed by atoms with Crippen LogP contribution in [0.1, 0.15) is 11.1 Å². The fourth-order valence-corrected chi connectivity index (χ4v) is 1.40. The molecule has 0 aromatic heterocycles. The maximum absolute atomic E-state index is 12.3. The van der Waals surface area contributed by atoms with E-state index >= 15 is 0 Å². The Labute approximate surface area is 75.3 Å². The van der Waals surface area contributed by atoms with Crippen molar-refractivity contribution in [3.63, 3.8) is 0 Å². The predicted molar refractivity (Wildman–Crippen MR) is 47.0 cm³/mol. The second kappa shape index (κ2) is 3.17. The van der Waals surface area contributed by atoms with Crippen molar-refractivity contribution in [2.24, 2.45) is 0 Å². The molecule has 0 saturated carbocycles. The minimum absolute atomic E-state index is 0.296. The monoisotopic (exact) mass is 181 g/mol. The van der Waals surface area contributed by atoms with Crippen molar-refractivity contribution in [1.82, 2.24) is 4.90 Å². The van der Waals surface area contributed by atoms with Crippen molar-refractivity contribution < 1.29 is 8.78 Å². The Bertz CT molecular complexity index is 333. The maximum Gasteiger partial charge on any atom is 0.315 e. The summed E-state index contributed by atoms with van der Waals surface area (Å²) in [5.41, 5.74) is 1.98. The van der Waals surface area contributed by atoms with Crippen LogP contribution in [0, 0.1) is 0 Å². The summed E-state index contributed by atoms with van der Waals surface area (Å²) < 4.78 is 24.6. The third-order valence-electron chi connectivity index (χ3n) is 2.10. The van der Waals surface area contributed by atoms with Gasteiger partial charge in [0.05, 0.1) is 0 Å². The van der Waals surface area contributed by atoms with Crippen LogP contribution in [0.2, 0.25) is 0 Å². The SMILES string of the molecule is FC(F)N1C=Cc2ccccc2C1. The smallest absolute Gasteiger partial charge is 0.315 e. The van der Waals surface area contributed by atoms with Crippen molar-refractivity contribution in [2.45, 2.75) is 13.1 Å². The Morgan fingerprint density at radius 1 is 1.23 bits per heavy atom. The first-order valence-electron chi connectivity index (χ1n) is 4.07. The molecule has 13 heavy (non-hydrogen) atoms. The third kappa shape index (κ3) is 1.54. The molecular formula is C10H9F2N. The van der Waals surface area contributed by atoms with Crippen molar-refractivity contribution in [1.29, 1.82) is 0 Å². The highest BCUT2D eigenvalue weighted by Crippen LogP contribution is 2.21. The van der Waals surface area contributed by atoms with Crippen LogP contribution in [0.5, 0.6) is 0 Å². The zero-order valence-electron chi connectivity index (χ0n) is 6.95.